The quantitative estimate of drug-likeness (QED) is 0.152. The molecule has 11 aromatic rings. The second kappa shape index (κ2) is 17.4. The number of benzene rings is 9. The molecule has 2 aliphatic carbocycles. The van der Waals surface area contributed by atoms with Crippen molar-refractivity contribution in [1.29, 1.82) is 0 Å². The molecule has 2 aliphatic rings. The molecule has 0 bridgehead atoms. The monoisotopic (exact) mass is 951 g/mol. The predicted octanol–water partition coefficient (Wildman–Crippen LogP) is 17.2. The molecule has 5 nitrogen and oxygen atoms in total. The van der Waals surface area contributed by atoms with E-state index >= 15 is 0 Å². The molecule has 5 heteroatoms. The highest BCUT2D eigenvalue weighted by molar-refractivity contribution is 5.86. The molecule has 2 heterocycles. The highest BCUT2D eigenvalue weighted by Crippen LogP contribution is 2.51. The lowest BCUT2D eigenvalue weighted by Gasteiger charge is -2.22. The number of hydrogen-bond donors (Lipinski definition) is 0. The van der Waals surface area contributed by atoms with E-state index in [9.17, 15) is 0 Å². The first-order valence-electron chi connectivity index (χ1n) is 25.6. The Morgan fingerprint density at radius 1 is 0.243 bits per heavy atom. The van der Waals surface area contributed by atoms with Crippen LogP contribution in [0.1, 0.15) is 61.1 Å². The Balaban J connectivity index is 0.799. The average molecular weight is 952 g/mol. The molecule has 0 radical (unpaired) electrons. The molecule has 0 spiro atoms. The van der Waals surface area contributed by atoms with Gasteiger partial charge in [-0.15, -0.1) is 0 Å². The molecule has 354 valence electrons. The van der Waals surface area contributed by atoms with Crippen molar-refractivity contribution in [2.24, 2.45) is 0 Å². The van der Waals surface area contributed by atoms with Crippen LogP contribution in [0, 0.1) is 13.8 Å². The lowest BCUT2D eigenvalue weighted by Crippen LogP contribution is -2.15. The maximum atomic E-state index is 5.26. The second-order valence-corrected chi connectivity index (χ2v) is 21.1. The smallest absolute Gasteiger partial charge is 0.164 e. The summed E-state index contributed by atoms with van der Waals surface area (Å²) in [4.78, 5) is 25.8. The van der Waals surface area contributed by atoms with Crippen molar-refractivity contribution in [3.63, 3.8) is 0 Å². The number of aryl methyl sites for hydroxylation is 2. The van der Waals surface area contributed by atoms with Gasteiger partial charge in [0.15, 0.2) is 23.3 Å². The zero-order valence-electron chi connectivity index (χ0n) is 42.4. The zero-order chi connectivity index (χ0) is 50.3. The zero-order valence-corrected chi connectivity index (χ0v) is 42.4. The highest BCUT2D eigenvalue weighted by atomic mass is 15.0. The summed E-state index contributed by atoms with van der Waals surface area (Å²) in [6.07, 6.45) is 0. The van der Waals surface area contributed by atoms with Gasteiger partial charge in [0, 0.05) is 44.2 Å². The van der Waals surface area contributed by atoms with Gasteiger partial charge in [0.2, 0.25) is 0 Å². The third kappa shape index (κ3) is 7.75. The lowest BCUT2D eigenvalue weighted by atomic mass is 9.81. The fraction of sp³-hybridized carbons (Fsp3) is 0.116. The molecule has 0 amide bonds. The number of rotatable bonds is 8. The second-order valence-electron chi connectivity index (χ2n) is 21.1. The first kappa shape index (κ1) is 45.0. The van der Waals surface area contributed by atoms with Crippen LogP contribution in [0.15, 0.2) is 212 Å². The van der Waals surface area contributed by atoms with Gasteiger partial charge in [0.1, 0.15) is 0 Å². The standard InChI is InChI=1S/C69H53N5/c1-42-20-32-54-56-34-30-52(39-60(56)68(3,4)58(54)36-42)66-70-62(46-14-9-7-10-15-46)41-63(71-66)47-26-22-44(23-27-47)50-18-13-19-51(38-50)45-24-28-49(29-25-45)65-72-64(48-16-11-8-12-17-48)73-67(74-65)53-31-35-57-55-33-21-43(2)37-59(55)69(5,6)61(57)40-53/h7-41H,1-6H3. The van der Waals surface area contributed by atoms with Gasteiger partial charge in [-0.25, -0.2) is 24.9 Å². The van der Waals surface area contributed by atoms with Crippen molar-refractivity contribution in [3.05, 3.63) is 246 Å². The first-order valence-corrected chi connectivity index (χ1v) is 25.6. The molecule has 0 saturated carbocycles. The average Bonchev–Trinajstić information content (AvgIpc) is 3.80. The first-order chi connectivity index (χ1) is 35.9. The van der Waals surface area contributed by atoms with Crippen molar-refractivity contribution < 1.29 is 0 Å². The molecular weight excluding hydrogens is 899 g/mol. The summed E-state index contributed by atoms with van der Waals surface area (Å²) < 4.78 is 0. The van der Waals surface area contributed by atoms with E-state index in [1.54, 1.807) is 0 Å². The summed E-state index contributed by atoms with van der Waals surface area (Å²) in [5.74, 6) is 2.65. The van der Waals surface area contributed by atoms with E-state index in [1.165, 1.54) is 55.6 Å². The summed E-state index contributed by atoms with van der Waals surface area (Å²) in [7, 11) is 0. The number of hydrogen-bond acceptors (Lipinski definition) is 5. The van der Waals surface area contributed by atoms with Gasteiger partial charge in [-0.1, -0.05) is 227 Å². The highest BCUT2D eigenvalue weighted by Gasteiger charge is 2.37. The maximum absolute atomic E-state index is 5.26. The van der Waals surface area contributed by atoms with Crippen LogP contribution in [0.3, 0.4) is 0 Å². The van der Waals surface area contributed by atoms with Crippen LogP contribution < -0.4 is 0 Å². The van der Waals surface area contributed by atoms with Gasteiger partial charge in [-0.05, 0) is 105 Å². The van der Waals surface area contributed by atoms with E-state index in [1.807, 2.05) is 24.3 Å². The minimum Gasteiger partial charge on any atom is -0.228 e. The van der Waals surface area contributed by atoms with Crippen molar-refractivity contribution in [3.8, 4) is 113 Å². The Hall–Kier alpha value is -8.93. The van der Waals surface area contributed by atoms with Crippen molar-refractivity contribution in [1.82, 2.24) is 24.9 Å². The van der Waals surface area contributed by atoms with Gasteiger partial charge >= 0.3 is 0 Å². The van der Waals surface area contributed by atoms with Gasteiger partial charge in [0.05, 0.1) is 11.4 Å². The summed E-state index contributed by atoms with van der Waals surface area (Å²) in [5, 5.41) is 0. The molecule has 0 aliphatic heterocycles. The molecule has 0 fully saturated rings. The molecular formula is C69H53N5. The van der Waals surface area contributed by atoms with Crippen LogP contribution in [0.4, 0.5) is 0 Å². The van der Waals surface area contributed by atoms with E-state index in [2.05, 4.69) is 230 Å². The van der Waals surface area contributed by atoms with Gasteiger partial charge < -0.3 is 0 Å². The summed E-state index contributed by atoms with van der Waals surface area (Å²) >= 11 is 0. The van der Waals surface area contributed by atoms with Crippen LogP contribution >= 0.6 is 0 Å². The molecule has 0 unspecified atom stereocenters. The predicted molar refractivity (Wildman–Crippen MR) is 304 cm³/mol. The van der Waals surface area contributed by atoms with Gasteiger partial charge in [-0.3, -0.25) is 0 Å². The Bertz CT molecular complexity index is 3750. The van der Waals surface area contributed by atoms with Gasteiger partial charge in [-0.2, -0.15) is 0 Å². The van der Waals surface area contributed by atoms with E-state index in [0.29, 0.717) is 23.3 Å². The number of aromatic nitrogens is 5. The Kier molecular flexibility index (Phi) is 10.6. The van der Waals surface area contributed by atoms with Crippen molar-refractivity contribution in [2.45, 2.75) is 52.4 Å². The third-order valence-electron chi connectivity index (χ3n) is 15.5. The Morgan fingerprint density at radius 2 is 0.568 bits per heavy atom. The van der Waals surface area contributed by atoms with Crippen LogP contribution in [0.2, 0.25) is 0 Å². The summed E-state index contributed by atoms with van der Waals surface area (Å²) in [6, 6.07) is 75.8. The van der Waals surface area contributed by atoms with Crippen molar-refractivity contribution >= 4 is 0 Å². The topological polar surface area (TPSA) is 64.5 Å². The Labute approximate surface area is 433 Å². The summed E-state index contributed by atoms with van der Waals surface area (Å²) in [5.41, 5.74) is 25.0. The molecule has 0 saturated heterocycles. The number of nitrogens with zero attached hydrogens (tertiary/aromatic N) is 5. The van der Waals surface area contributed by atoms with E-state index in [-0.39, 0.29) is 10.8 Å². The molecule has 2 aromatic heterocycles. The minimum atomic E-state index is -0.146. The lowest BCUT2D eigenvalue weighted by molar-refractivity contribution is 0.660. The number of fused-ring (bicyclic) bond motifs is 6. The maximum Gasteiger partial charge on any atom is 0.164 e. The van der Waals surface area contributed by atoms with E-state index in [4.69, 9.17) is 24.9 Å². The van der Waals surface area contributed by atoms with Crippen LogP contribution in [-0.2, 0) is 10.8 Å². The van der Waals surface area contributed by atoms with Crippen LogP contribution in [0.5, 0.6) is 0 Å². The molecule has 0 N–H and O–H groups in total. The molecule has 0 atom stereocenters. The van der Waals surface area contributed by atoms with Crippen LogP contribution in [-0.4, -0.2) is 24.9 Å². The molecule has 13 rings (SSSR count). The van der Waals surface area contributed by atoms with Crippen LogP contribution in [0.25, 0.3) is 113 Å². The van der Waals surface area contributed by atoms with Gasteiger partial charge in [0.25, 0.3) is 0 Å². The fourth-order valence-electron chi connectivity index (χ4n) is 11.3. The normalized spacial score (nSPS) is 13.5. The minimum absolute atomic E-state index is 0.133. The van der Waals surface area contributed by atoms with Crippen molar-refractivity contribution in [2.75, 3.05) is 0 Å². The largest absolute Gasteiger partial charge is 0.228 e. The summed E-state index contributed by atoms with van der Waals surface area (Å²) in [6.45, 7) is 13.6. The SMILES string of the molecule is Cc1ccc2c(c1)C(C)(C)c1cc(-c3nc(-c4ccccc4)cc(-c4ccc(-c5cccc(-c6ccc(-c7nc(-c8ccccc8)nc(-c8ccc9c(c8)C(C)(C)c8cc(C)ccc8-9)n7)cc6)c5)cc4)n3)ccc1-2. The fourth-order valence-corrected chi connectivity index (χ4v) is 11.3. The Morgan fingerprint density at radius 3 is 1.04 bits per heavy atom. The third-order valence-corrected chi connectivity index (χ3v) is 15.5. The van der Waals surface area contributed by atoms with E-state index in [0.717, 1.165) is 67.0 Å². The molecule has 9 aromatic carbocycles. The molecule has 74 heavy (non-hydrogen) atoms. The van der Waals surface area contributed by atoms with E-state index < -0.39 is 0 Å².